The minimum absolute atomic E-state index is 0.666. The quantitative estimate of drug-likeness (QED) is 0.443. The number of hydrogen-bond donors (Lipinski definition) is 0. The molecule has 3 heterocycles. The average molecular weight is 122 g/mol. The molecule has 2 bridgehead atoms. The molecule has 1 saturated carbocycles. The van der Waals surface area contributed by atoms with Gasteiger partial charge in [-0.25, -0.2) is 0 Å². The van der Waals surface area contributed by atoms with Crippen molar-refractivity contribution in [3.05, 3.63) is 0 Å². The molecule has 3 saturated heterocycles. The molecule has 3 unspecified atom stereocenters. The molecule has 0 aromatic heterocycles. The predicted molar refractivity (Wildman–Crippen MR) is 36.5 cm³/mol. The summed E-state index contributed by atoms with van der Waals surface area (Å²) in [6, 6.07) is 0. The molecule has 0 amide bonds. The lowest BCUT2D eigenvalue weighted by molar-refractivity contribution is 0.102. The van der Waals surface area contributed by atoms with Crippen LogP contribution in [0.3, 0.4) is 0 Å². The van der Waals surface area contributed by atoms with Gasteiger partial charge in [-0.1, -0.05) is 6.92 Å². The smallest absolute Gasteiger partial charge is 0.299 e. The van der Waals surface area contributed by atoms with Crippen molar-refractivity contribution in [3.8, 4) is 0 Å². The molecule has 0 spiro atoms. The molecule has 0 radical (unpaired) electrons. The minimum Gasteiger partial charge on any atom is -0.433 e. The Morgan fingerprint density at radius 3 is 2.78 bits per heavy atom. The van der Waals surface area contributed by atoms with Crippen LogP contribution in [-0.2, 0) is 4.65 Å². The highest BCUT2D eigenvalue weighted by Gasteiger charge is 2.65. The average Bonchev–Trinajstić information content (AvgIpc) is 2.34. The van der Waals surface area contributed by atoms with E-state index in [-0.39, 0.29) is 0 Å². The van der Waals surface area contributed by atoms with Crippen molar-refractivity contribution in [1.29, 1.82) is 0 Å². The molecule has 4 rings (SSSR count). The SMILES string of the molecule is CC12CC3CB(O3)C1C2. The van der Waals surface area contributed by atoms with E-state index < -0.39 is 0 Å². The summed E-state index contributed by atoms with van der Waals surface area (Å²) in [6.07, 6.45) is 4.85. The Bertz CT molecular complexity index is 164. The molecule has 0 aromatic carbocycles. The van der Waals surface area contributed by atoms with Crippen LogP contribution in [0.2, 0.25) is 12.1 Å². The van der Waals surface area contributed by atoms with Crippen molar-refractivity contribution in [1.82, 2.24) is 0 Å². The maximum Gasteiger partial charge on any atom is 0.299 e. The molecular weight excluding hydrogens is 111 g/mol. The number of rotatable bonds is 0. The van der Waals surface area contributed by atoms with Gasteiger partial charge in [0, 0.05) is 6.10 Å². The Morgan fingerprint density at radius 1 is 1.56 bits per heavy atom. The van der Waals surface area contributed by atoms with Gasteiger partial charge in [0.05, 0.1) is 0 Å². The second-order valence-electron chi connectivity index (χ2n) is 4.20. The third-order valence-electron chi connectivity index (χ3n) is 3.43. The van der Waals surface area contributed by atoms with E-state index in [0.717, 1.165) is 11.2 Å². The van der Waals surface area contributed by atoms with Gasteiger partial charge < -0.3 is 4.65 Å². The fourth-order valence-corrected chi connectivity index (χ4v) is 2.66. The van der Waals surface area contributed by atoms with Crippen molar-refractivity contribution in [3.63, 3.8) is 0 Å². The van der Waals surface area contributed by atoms with Gasteiger partial charge in [0.2, 0.25) is 0 Å². The van der Waals surface area contributed by atoms with Crippen LogP contribution < -0.4 is 0 Å². The molecule has 3 aliphatic heterocycles. The van der Waals surface area contributed by atoms with Crippen molar-refractivity contribution < 1.29 is 4.65 Å². The summed E-state index contributed by atoms with van der Waals surface area (Å²) in [5, 5.41) is 0. The summed E-state index contributed by atoms with van der Waals surface area (Å²) >= 11 is 0. The van der Waals surface area contributed by atoms with Gasteiger partial charge in [-0.05, 0) is 30.4 Å². The normalized spacial score (nSPS) is 60.3. The molecule has 1 aliphatic carbocycles. The number of hydrogen-bond acceptors (Lipinski definition) is 1. The Kier molecular flexibility index (Phi) is 0.581. The predicted octanol–water partition coefficient (Wildman–Crippen LogP) is 1.56. The zero-order valence-corrected chi connectivity index (χ0v) is 5.76. The third kappa shape index (κ3) is 0.430. The zero-order valence-electron chi connectivity index (χ0n) is 5.76. The Hall–Kier alpha value is 0.0249. The minimum atomic E-state index is 0.666. The van der Waals surface area contributed by atoms with Gasteiger partial charge in [-0.15, -0.1) is 0 Å². The van der Waals surface area contributed by atoms with E-state index in [4.69, 9.17) is 4.65 Å². The van der Waals surface area contributed by atoms with E-state index in [9.17, 15) is 0 Å². The Morgan fingerprint density at radius 2 is 2.33 bits per heavy atom. The standard InChI is InChI=1S/C7H11BO/c1-7-2-5-4-8(9-5)6(7)3-7/h5-6H,2-4H2,1H3. The Balaban J connectivity index is 1.93. The monoisotopic (exact) mass is 122 g/mol. The van der Waals surface area contributed by atoms with E-state index in [2.05, 4.69) is 6.92 Å². The first-order valence-corrected chi connectivity index (χ1v) is 3.93. The van der Waals surface area contributed by atoms with Crippen LogP contribution in [0.1, 0.15) is 19.8 Å². The summed E-state index contributed by atoms with van der Waals surface area (Å²) in [6.45, 7) is 3.10. The maximum absolute atomic E-state index is 5.59. The van der Waals surface area contributed by atoms with Crippen LogP contribution in [0.4, 0.5) is 0 Å². The van der Waals surface area contributed by atoms with Crippen LogP contribution >= 0.6 is 0 Å². The largest absolute Gasteiger partial charge is 0.433 e. The van der Waals surface area contributed by atoms with Crippen LogP contribution in [0.5, 0.6) is 0 Å². The van der Waals surface area contributed by atoms with Crippen molar-refractivity contribution >= 4 is 6.92 Å². The summed E-state index contributed by atoms with van der Waals surface area (Å²) in [5.41, 5.74) is 0.742. The fourth-order valence-electron chi connectivity index (χ4n) is 2.66. The zero-order chi connectivity index (χ0) is 6.06. The molecule has 9 heavy (non-hydrogen) atoms. The molecule has 3 atom stereocenters. The van der Waals surface area contributed by atoms with E-state index in [1.807, 2.05) is 0 Å². The lowest BCUT2D eigenvalue weighted by Crippen LogP contribution is -2.47. The molecule has 0 N–H and O–H groups in total. The van der Waals surface area contributed by atoms with E-state index in [0.29, 0.717) is 13.0 Å². The van der Waals surface area contributed by atoms with E-state index >= 15 is 0 Å². The van der Waals surface area contributed by atoms with Crippen LogP contribution in [0.15, 0.2) is 0 Å². The molecule has 4 fully saturated rings. The van der Waals surface area contributed by atoms with Crippen molar-refractivity contribution in [2.24, 2.45) is 5.41 Å². The van der Waals surface area contributed by atoms with Gasteiger partial charge in [0.1, 0.15) is 0 Å². The first-order chi connectivity index (χ1) is 4.28. The van der Waals surface area contributed by atoms with Crippen molar-refractivity contribution in [2.75, 3.05) is 0 Å². The molecule has 48 valence electrons. The summed E-state index contributed by atoms with van der Waals surface area (Å²) in [5.74, 6) is 0.961. The second kappa shape index (κ2) is 1.09. The van der Waals surface area contributed by atoms with Gasteiger partial charge in [0.15, 0.2) is 0 Å². The van der Waals surface area contributed by atoms with Crippen LogP contribution in [-0.4, -0.2) is 13.0 Å². The fraction of sp³-hybridized carbons (Fsp3) is 1.00. The summed E-state index contributed by atoms with van der Waals surface area (Å²) < 4.78 is 5.59. The first kappa shape index (κ1) is 4.78. The van der Waals surface area contributed by atoms with E-state index in [1.54, 1.807) is 0 Å². The molecule has 0 aromatic rings. The first-order valence-electron chi connectivity index (χ1n) is 3.93. The van der Waals surface area contributed by atoms with Gasteiger partial charge in [0.25, 0.3) is 6.92 Å². The highest BCUT2D eigenvalue weighted by Crippen LogP contribution is 2.69. The summed E-state index contributed by atoms with van der Waals surface area (Å²) in [7, 11) is 0. The van der Waals surface area contributed by atoms with Crippen LogP contribution in [0.25, 0.3) is 0 Å². The lowest BCUT2D eigenvalue weighted by atomic mass is 9.46. The highest BCUT2D eigenvalue weighted by molar-refractivity contribution is 6.58. The molecular formula is C7H11BO. The third-order valence-corrected chi connectivity index (χ3v) is 3.43. The second-order valence-corrected chi connectivity index (χ2v) is 4.20. The molecule has 1 nitrogen and oxygen atoms in total. The summed E-state index contributed by atoms with van der Waals surface area (Å²) in [4.78, 5) is 0. The van der Waals surface area contributed by atoms with Crippen LogP contribution in [0, 0.1) is 5.41 Å². The van der Waals surface area contributed by atoms with E-state index in [1.165, 1.54) is 19.2 Å². The molecule has 4 aliphatic rings. The van der Waals surface area contributed by atoms with Gasteiger partial charge >= 0.3 is 0 Å². The van der Waals surface area contributed by atoms with Gasteiger partial charge in [-0.2, -0.15) is 0 Å². The topological polar surface area (TPSA) is 9.23 Å². The lowest BCUT2D eigenvalue weighted by Gasteiger charge is -2.41. The Labute approximate surface area is 55.9 Å². The molecule has 2 heteroatoms. The van der Waals surface area contributed by atoms with Gasteiger partial charge in [-0.3, -0.25) is 0 Å². The van der Waals surface area contributed by atoms with Crippen molar-refractivity contribution in [2.45, 2.75) is 38.0 Å². The highest BCUT2D eigenvalue weighted by atomic mass is 16.5. The maximum atomic E-state index is 5.59.